The number of rotatable bonds is 4. The zero-order valence-corrected chi connectivity index (χ0v) is 15.8. The lowest BCUT2D eigenvalue weighted by Gasteiger charge is -2.20. The van der Waals surface area contributed by atoms with Crippen LogP contribution in [0.3, 0.4) is 0 Å². The molecule has 1 aliphatic carbocycles. The van der Waals surface area contributed by atoms with E-state index in [1.165, 1.54) is 10.4 Å². The van der Waals surface area contributed by atoms with E-state index in [2.05, 4.69) is 73.3 Å². The molecule has 0 saturated heterocycles. The number of anilines is 1. The van der Waals surface area contributed by atoms with E-state index in [1.54, 1.807) is 11.3 Å². The molecule has 2 aromatic carbocycles. The molecule has 0 aromatic heterocycles. The highest BCUT2D eigenvalue weighted by Gasteiger charge is 2.06. The molecule has 2 aromatic rings. The zero-order chi connectivity index (χ0) is 17.9. The fourth-order valence-electron chi connectivity index (χ4n) is 3.11. The van der Waals surface area contributed by atoms with Gasteiger partial charge < -0.3 is 4.90 Å². The summed E-state index contributed by atoms with van der Waals surface area (Å²) in [4.78, 5) is 13.0. The molecule has 0 N–H and O–H groups in total. The lowest BCUT2D eigenvalue weighted by atomic mass is 10.2. The molecular formula is C22H21N3S. The molecule has 130 valence electrons. The summed E-state index contributed by atoms with van der Waals surface area (Å²) in [5, 5.41) is 0.960. The monoisotopic (exact) mass is 359 g/mol. The highest BCUT2D eigenvalue weighted by molar-refractivity contribution is 7.21. The van der Waals surface area contributed by atoms with E-state index in [1.807, 2.05) is 12.1 Å². The van der Waals surface area contributed by atoms with Crippen LogP contribution in [0.2, 0.25) is 0 Å². The maximum atomic E-state index is 4.78. The highest BCUT2D eigenvalue weighted by atomic mass is 32.1. The van der Waals surface area contributed by atoms with Gasteiger partial charge in [-0.25, -0.2) is 9.98 Å². The first-order valence-corrected chi connectivity index (χ1v) is 9.78. The number of para-hydroxylation sites is 1. The summed E-state index contributed by atoms with van der Waals surface area (Å²) in [7, 11) is 0. The van der Waals surface area contributed by atoms with E-state index < -0.39 is 0 Å². The fourth-order valence-corrected chi connectivity index (χ4v) is 4.11. The van der Waals surface area contributed by atoms with E-state index in [4.69, 9.17) is 9.98 Å². The molecule has 2 aliphatic rings. The maximum Gasteiger partial charge on any atom is 0.0811 e. The number of benzene rings is 3. The van der Waals surface area contributed by atoms with Crippen LogP contribution in [0.4, 0.5) is 11.4 Å². The first kappa shape index (κ1) is 16.7. The van der Waals surface area contributed by atoms with Crippen LogP contribution in [0.25, 0.3) is 20.8 Å². The van der Waals surface area contributed by atoms with Gasteiger partial charge in [0.1, 0.15) is 0 Å². The molecule has 26 heavy (non-hydrogen) atoms. The molecule has 0 amide bonds. The molecule has 0 saturated carbocycles. The van der Waals surface area contributed by atoms with Gasteiger partial charge in [-0.1, -0.05) is 12.1 Å². The van der Waals surface area contributed by atoms with Crippen molar-refractivity contribution in [3.8, 4) is 10.6 Å². The van der Waals surface area contributed by atoms with Crippen LogP contribution in [0.5, 0.6) is 0 Å². The van der Waals surface area contributed by atoms with Crippen molar-refractivity contribution in [3.05, 3.63) is 72.1 Å². The normalized spacial score (nSPS) is 12.0. The lowest BCUT2D eigenvalue weighted by Crippen LogP contribution is -2.21. The third-order valence-electron chi connectivity index (χ3n) is 4.51. The first-order chi connectivity index (χ1) is 12.8. The highest BCUT2D eigenvalue weighted by Crippen LogP contribution is 2.29. The van der Waals surface area contributed by atoms with E-state index >= 15 is 0 Å². The Kier molecular flexibility index (Phi) is 4.67. The zero-order valence-electron chi connectivity index (χ0n) is 15.0. The predicted octanol–water partition coefficient (Wildman–Crippen LogP) is 5.48. The average Bonchev–Trinajstić information content (AvgIpc) is 2.68. The van der Waals surface area contributed by atoms with Gasteiger partial charge in [0.05, 0.1) is 31.8 Å². The molecule has 0 unspecified atom stereocenters. The van der Waals surface area contributed by atoms with Crippen molar-refractivity contribution in [3.63, 3.8) is 0 Å². The van der Waals surface area contributed by atoms with Gasteiger partial charge in [0.25, 0.3) is 0 Å². The van der Waals surface area contributed by atoms with Crippen LogP contribution in [-0.2, 0) is 0 Å². The summed E-state index contributed by atoms with van der Waals surface area (Å²) in [5.74, 6) is 0. The fraction of sp³-hybridized carbons (Fsp3) is 0.182. The molecule has 3 nitrogen and oxygen atoms in total. The van der Waals surface area contributed by atoms with Gasteiger partial charge in [0, 0.05) is 18.8 Å². The van der Waals surface area contributed by atoms with Gasteiger partial charge in [-0.3, -0.25) is 0 Å². The summed E-state index contributed by atoms with van der Waals surface area (Å²) in [6.07, 6.45) is 0. The number of nitrogens with zero attached hydrogens (tertiary/aromatic N) is 3. The molecule has 0 atom stereocenters. The Balaban J connectivity index is 1.72. The Hall–Kier alpha value is -2.72. The van der Waals surface area contributed by atoms with Gasteiger partial charge in [-0.15, -0.1) is 11.3 Å². The van der Waals surface area contributed by atoms with Crippen molar-refractivity contribution in [2.24, 2.45) is 4.99 Å². The second kappa shape index (κ2) is 7.26. The van der Waals surface area contributed by atoms with Crippen molar-refractivity contribution >= 4 is 32.9 Å². The summed E-state index contributed by atoms with van der Waals surface area (Å²) < 4.78 is 1.20. The number of hydrogen-bond donors (Lipinski definition) is 0. The van der Waals surface area contributed by atoms with Crippen molar-refractivity contribution in [1.82, 2.24) is 4.98 Å². The minimum atomic E-state index is 0.960. The minimum Gasteiger partial charge on any atom is -0.372 e. The standard InChI is InChI=1S/C22H21N3S/c1-3-25(4-2)18-12-9-16(10-13-18)23-17-11-14-20-22(15-17)26-21-8-6-5-7-19(21)24-20/h5-15H,3-4H2,1-2H3. The van der Waals surface area contributed by atoms with E-state index in [0.29, 0.717) is 0 Å². The molecule has 4 rings (SSSR count). The molecule has 0 radical (unpaired) electrons. The van der Waals surface area contributed by atoms with E-state index in [9.17, 15) is 0 Å². The molecule has 0 fully saturated rings. The Morgan fingerprint density at radius 2 is 1.69 bits per heavy atom. The molecule has 1 aliphatic heterocycles. The van der Waals surface area contributed by atoms with Gasteiger partial charge in [0.15, 0.2) is 0 Å². The van der Waals surface area contributed by atoms with Gasteiger partial charge >= 0.3 is 0 Å². The first-order valence-electron chi connectivity index (χ1n) is 8.96. The number of aromatic nitrogens is 1. The van der Waals surface area contributed by atoms with Gasteiger partial charge in [0.2, 0.25) is 0 Å². The van der Waals surface area contributed by atoms with Gasteiger partial charge in [-0.2, -0.15) is 0 Å². The van der Waals surface area contributed by atoms with Crippen LogP contribution in [0, 0.1) is 0 Å². The summed E-state index contributed by atoms with van der Waals surface area (Å²) in [5.41, 5.74) is 4.27. The topological polar surface area (TPSA) is 28.5 Å². The van der Waals surface area contributed by atoms with Crippen molar-refractivity contribution in [2.75, 3.05) is 18.0 Å². The molecular weight excluding hydrogens is 338 g/mol. The second-order valence-electron chi connectivity index (χ2n) is 6.13. The van der Waals surface area contributed by atoms with Crippen LogP contribution >= 0.6 is 11.3 Å². The average molecular weight is 359 g/mol. The second-order valence-corrected chi connectivity index (χ2v) is 7.22. The molecule has 1 heterocycles. The van der Waals surface area contributed by atoms with Crippen molar-refractivity contribution < 1.29 is 0 Å². The lowest BCUT2D eigenvalue weighted by molar-refractivity contribution is 0.866. The van der Waals surface area contributed by atoms with Crippen molar-refractivity contribution in [2.45, 2.75) is 13.8 Å². The van der Waals surface area contributed by atoms with Crippen LogP contribution < -0.4 is 10.3 Å². The quantitative estimate of drug-likeness (QED) is 0.451. The Bertz CT molecular complexity index is 1060. The van der Waals surface area contributed by atoms with E-state index in [0.717, 1.165) is 40.2 Å². The summed E-state index contributed by atoms with van der Waals surface area (Å²) in [6, 6.07) is 22.9. The molecule has 0 bridgehead atoms. The largest absolute Gasteiger partial charge is 0.372 e. The summed E-state index contributed by atoms with van der Waals surface area (Å²) in [6.45, 7) is 6.38. The third-order valence-corrected chi connectivity index (χ3v) is 5.62. The smallest absolute Gasteiger partial charge is 0.0811 e. The van der Waals surface area contributed by atoms with Crippen LogP contribution in [-0.4, -0.2) is 18.1 Å². The van der Waals surface area contributed by atoms with Crippen LogP contribution in [0.15, 0.2) is 71.7 Å². The third kappa shape index (κ3) is 3.33. The number of hydrogen-bond acceptors (Lipinski definition) is 4. The summed E-state index contributed by atoms with van der Waals surface area (Å²) >= 11 is 1.76. The van der Waals surface area contributed by atoms with Crippen LogP contribution in [0.1, 0.15) is 13.8 Å². The minimum absolute atomic E-state index is 0.960. The van der Waals surface area contributed by atoms with E-state index in [-0.39, 0.29) is 0 Å². The maximum absolute atomic E-state index is 4.78. The Morgan fingerprint density at radius 1 is 0.923 bits per heavy atom. The van der Waals surface area contributed by atoms with Crippen molar-refractivity contribution in [1.29, 1.82) is 0 Å². The molecule has 0 spiro atoms. The predicted molar refractivity (Wildman–Crippen MR) is 111 cm³/mol. The SMILES string of the molecule is CCN(CC)c1ccc(N=c2ccc3nc4ccccc4sc-3c2)cc1. The van der Waals surface area contributed by atoms with Gasteiger partial charge in [-0.05, 0) is 68.4 Å². The molecule has 4 heteroatoms. The Labute approximate surface area is 157 Å². The Morgan fingerprint density at radius 3 is 2.46 bits per heavy atom. The number of fused-ring (bicyclic) bond motifs is 2.